The van der Waals surface area contributed by atoms with Crippen molar-refractivity contribution in [3.8, 4) is 5.88 Å². The third-order valence-corrected chi connectivity index (χ3v) is 6.80. The Morgan fingerprint density at radius 1 is 1.24 bits per heavy atom. The van der Waals surface area contributed by atoms with Gasteiger partial charge < -0.3 is 4.74 Å². The van der Waals surface area contributed by atoms with Crippen LogP contribution in [0, 0.1) is 5.41 Å². The van der Waals surface area contributed by atoms with E-state index in [0.29, 0.717) is 25.6 Å². The topological polar surface area (TPSA) is 64.4 Å². The van der Waals surface area contributed by atoms with Crippen molar-refractivity contribution >= 4 is 10.0 Å². The maximum absolute atomic E-state index is 13.4. The lowest BCUT2D eigenvalue weighted by Crippen LogP contribution is -2.32. The van der Waals surface area contributed by atoms with E-state index in [1.54, 1.807) is 8.99 Å². The molecule has 0 amide bonds. The molecule has 0 saturated carbocycles. The Kier molecular flexibility index (Phi) is 3.88. The molecule has 7 heteroatoms. The number of nitrogens with zero attached hydrogens (tertiary/aromatic N) is 3. The summed E-state index contributed by atoms with van der Waals surface area (Å²) >= 11 is 0. The molecule has 134 valence electrons. The van der Waals surface area contributed by atoms with Gasteiger partial charge in [-0.05, 0) is 17.4 Å². The van der Waals surface area contributed by atoms with Crippen molar-refractivity contribution in [3.63, 3.8) is 0 Å². The summed E-state index contributed by atoms with van der Waals surface area (Å²) in [6.07, 6.45) is 3.07. The number of rotatable bonds is 3. The molecule has 0 N–H and O–H groups in total. The Bertz CT molecular complexity index is 874. The second-order valence-electron chi connectivity index (χ2n) is 7.58. The van der Waals surface area contributed by atoms with Gasteiger partial charge in [0.15, 0.2) is 4.90 Å². The monoisotopic (exact) mass is 361 g/mol. The van der Waals surface area contributed by atoms with Gasteiger partial charge in [0.2, 0.25) is 5.88 Å². The zero-order chi connectivity index (χ0) is 17.7. The first-order valence-corrected chi connectivity index (χ1v) is 10.1. The minimum Gasteiger partial charge on any atom is -0.477 e. The highest BCUT2D eigenvalue weighted by Gasteiger charge is 2.46. The standard InChI is InChI=1S/C18H23N3O3S/c1-18(2)11-15(14-7-4-3-5-8-14)21(13-18)25(22,23)16-12-19-20-9-6-10-24-17(16)20/h3-5,7-8,12,15H,6,9-11,13H2,1-2H3. The van der Waals surface area contributed by atoms with E-state index in [4.69, 9.17) is 4.74 Å². The van der Waals surface area contributed by atoms with Crippen molar-refractivity contribution < 1.29 is 13.2 Å². The van der Waals surface area contributed by atoms with Crippen molar-refractivity contribution in [1.82, 2.24) is 14.1 Å². The lowest BCUT2D eigenvalue weighted by Gasteiger charge is -2.25. The molecule has 0 spiro atoms. The number of hydrogen-bond donors (Lipinski definition) is 0. The van der Waals surface area contributed by atoms with Crippen LogP contribution in [0.25, 0.3) is 0 Å². The van der Waals surface area contributed by atoms with E-state index in [0.717, 1.165) is 18.4 Å². The van der Waals surface area contributed by atoms with Crippen LogP contribution in [-0.4, -0.2) is 35.7 Å². The van der Waals surface area contributed by atoms with E-state index < -0.39 is 10.0 Å². The SMILES string of the molecule is CC1(C)CC(c2ccccc2)N(S(=O)(=O)c2cnn3c2OCCC3)C1. The van der Waals surface area contributed by atoms with E-state index >= 15 is 0 Å². The highest BCUT2D eigenvalue weighted by atomic mass is 32.2. The number of aryl methyl sites for hydroxylation is 1. The van der Waals surface area contributed by atoms with Crippen LogP contribution in [0.2, 0.25) is 0 Å². The molecule has 1 fully saturated rings. The number of sulfonamides is 1. The minimum atomic E-state index is -3.68. The summed E-state index contributed by atoms with van der Waals surface area (Å²) in [6.45, 7) is 5.94. The van der Waals surface area contributed by atoms with Gasteiger partial charge in [0.05, 0.1) is 18.8 Å². The summed E-state index contributed by atoms with van der Waals surface area (Å²) in [4.78, 5) is 0.186. The average molecular weight is 361 g/mol. The van der Waals surface area contributed by atoms with Crippen LogP contribution < -0.4 is 4.74 Å². The molecule has 1 aromatic heterocycles. The van der Waals surface area contributed by atoms with Crippen LogP contribution in [0.15, 0.2) is 41.4 Å². The average Bonchev–Trinajstić information content (AvgIpc) is 3.17. The highest BCUT2D eigenvalue weighted by Crippen LogP contribution is 2.46. The molecule has 0 radical (unpaired) electrons. The van der Waals surface area contributed by atoms with E-state index in [1.165, 1.54) is 6.20 Å². The maximum Gasteiger partial charge on any atom is 0.250 e. The molecule has 1 unspecified atom stereocenters. The molecule has 0 bridgehead atoms. The van der Waals surface area contributed by atoms with Gasteiger partial charge in [0, 0.05) is 19.5 Å². The smallest absolute Gasteiger partial charge is 0.250 e. The van der Waals surface area contributed by atoms with Gasteiger partial charge in [-0.2, -0.15) is 9.40 Å². The molecular weight excluding hydrogens is 338 g/mol. The first-order chi connectivity index (χ1) is 11.9. The fourth-order valence-corrected chi connectivity index (χ4v) is 5.65. The normalized spacial score (nSPS) is 23.2. The Morgan fingerprint density at radius 3 is 2.76 bits per heavy atom. The molecule has 1 aromatic carbocycles. The van der Waals surface area contributed by atoms with Crippen molar-refractivity contribution in [2.45, 2.75) is 44.2 Å². The molecular formula is C18H23N3O3S. The lowest BCUT2D eigenvalue weighted by molar-refractivity contribution is 0.223. The predicted octanol–water partition coefficient (Wildman–Crippen LogP) is 2.83. The third-order valence-electron chi connectivity index (χ3n) is 4.96. The summed E-state index contributed by atoms with van der Waals surface area (Å²) in [6, 6.07) is 9.69. The van der Waals surface area contributed by atoms with Crippen LogP contribution >= 0.6 is 0 Å². The number of fused-ring (bicyclic) bond motifs is 1. The number of benzene rings is 1. The number of hydrogen-bond acceptors (Lipinski definition) is 4. The molecule has 2 aliphatic rings. The quantitative estimate of drug-likeness (QED) is 0.843. The molecule has 25 heavy (non-hydrogen) atoms. The maximum atomic E-state index is 13.4. The molecule has 3 heterocycles. The first-order valence-electron chi connectivity index (χ1n) is 8.64. The van der Waals surface area contributed by atoms with Crippen molar-refractivity contribution in [1.29, 1.82) is 0 Å². The van der Waals surface area contributed by atoms with Gasteiger partial charge in [-0.3, -0.25) is 0 Å². The van der Waals surface area contributed by atoms with Gasteiger partial charge in [-0.1, -0.05) is 44.2 Å². The largest absolute Gasteiger partial charge is 0.477 e. The molecule has 1 saturated heterocycles. The zero-order valence-electron chi connectivity index (χ0n) is 14.6. The first kappa shape index (κ1) is 16.6. The van der Waals surface area contributed by atoms with Crippen LogP contribution in [0.3, 0.4) is 0 Å². The molecule has 2 aliphatic heterocycles. The zero-order valence-corrected chi connectivity index (χ0v) is 15.4. The summed E-state index contributed by atoms with van der Waals surface area (Å²) in [5, 5.41) is 4.21. The van der Waals surface area contributed by atoms with Crippen LogP contribution in [0.1, 0.15) is 38.3 Å². The lowest BCUT2D eigenvalue weighted by atomic mass is 9.89. The minimum absolute atomic E-state index is 0.0817. The second kappa shape index (κ2) is 5.85. The Hall–Kier alpha value is -1.86. The molecule has 0 aliphatic carbocycles. The Morgan fingerprint density at radius 2 is 2.00 bits per heavy atom. The summed E-state index contributed by atoms with van der Waals surface area (Å²) in [5.74, 6) is 0.378. The summed E-state index contributed by atoms with van der Waals surface area (Å²) in [5.41, 5.74) is 0.945. The third kappa shape index (κ3) is 2.85. The van der Waals surface area contributed by atoms with Crippen LogP contribution in [0.5, 0.6) is 5.88 Å². The fourth-order valence-electron chi connectivity index (χ4n) is 3.78. The van der Waals surface area contributed by atoms with E-state index in [-0.39, 0.29) is 16.4 Å². The summed E-state index contributed by atoms with van der Waals surface area (Å²) in [7, 11) is -3.68. The van der Waals surface area contributed by atoms with Crippen LogP contribution in [0.4, 0.5) is 0 Å². The number of aromatic nitrogens is 2. The Balaban J connectivity index is 1.77. The second-order valence-corrected chi connectivity index (χ2v) is 9.44. The fraction of sp³-hybridized carbons (Fsp3) is 0.500. The molecule has 2 aromatic rings. The molecule has 6 nitrogen and oxygen atoms in total. The van der Waals surface area contributed by atoms with Gasteiger partial charge in [0.25, 0.3) is 10.0 Å². The predicted molar refractivity (Wildman–Crippen MR) is 93.8 cm³/mol. The highest BCUT2D eigenvalue weighted by molar-refractivity contribution is 7.89. The molecule has 4 rings (SSSR count). The number of ether oxygens (including phenoxy) is 1. The van der Waals surface area contributed by atoms with Gasteiger partial charge >= 0.3 is 0 Å². The van der Waals surface area contributed by atoms with Crippen molar-refractivity contribution in [3.05, 3.63) is 42.1 Å². The van der Waals surface area contributed by atoms with E-state index in [2.05, 4.69) is 18.9 Å². The van der Waals surface area contributed by atoms with Gasteiger partial charge in [-0.25, -0.2) is 13.1 Å². The van der Waals surface area contributed by atoms with E-state index in [1.807, 2.05) is 30.3 Å². The summed E-state index contributed by atoms with van der Waals surface area (Å²) < 4.78 is 35.8. The van der Waals surface area contributed by atoms with E-state index in [9.17, 15) is 8.42 Å². The Labute approximate surface area is 148 Å². The molecule has 1 atom stereocenters. The van der Waals surface area contributed by atoms with Gasteiger partial charge in [-0.15, -0.1) is 0 Å². The van der Waals surface area contributed by atoms with Crippen LogP contribution in [-0.2, 0) is 16.6 Å². The van der Waals surface area contributed by atoms with Gasteiger partial charge in [0.1, 0.15) is 0 Å². The van der Waals surface area contributed by atoms with Crippen molar-refractivity contribution in [2.75, 3.05) is 13.2 Å². The van der Waals surface area contributed by atoms with Crippen molar-refractivity contribution in [2.24, 2.45) is 5.41 Å².